The van der Waals surface area contributed by atoms with Crippen LogP contribution in [0.3, 0.4) is 0 Å². The van der Waals surface area contributed by atoms with E-state index in [4.69, 9.17) is 0 Å². The third-order valence-corrected chi connectivity index (χ3v) is 2.39. The fourth-order valence-corrected chi connectivity index (χ4v) is 1.56. The van der Waals surface area contributed by atoms with Crippen LogP contribution in [0.1, 0.15) is 48.2 Å². The van der Waals surface area contributed by atoms with Crippen LogP contribution < -0.4 is 0 Å². The van der Waals surface area contributed by atoms with Crippen molar-refractivity contribution in [3.05, 3.63) is 28.8 Å². The van der Waals surface area contributed by atoms with Gasteiger partial charge in [-0.3, -0.25) is 4.79 Å². The summed E-state index contributed by atoms with van der Waals surface area (Å²) in [5.74, 6) is 0.305. The van der Waals surface area contributed by atoms with E-state index in [1.807, 2.05) is 26.0 Å². The maximum absolute atomic E-state index is 11.4. The van der Waals surface area contributed by atoms with E-state index in [1.165, 1.54) is 6.92 Å². The lowest BCUT2D eigenvalue weighted by molar-refractivity contribution is 0.101. The van der Waals surface area contributed by atoms with Crippen LogP contribution in [0.2, 0.25) is 0 Å². The molecule has 0 unspecified atom stereocenters. The Morgan fingerprint density at radius 1 is 1.36 bits per heavy atom. The number of rotatable bonds is 2. The van der Waals surface area contributed by atoms with E-state index in [9.17, 15) is 9.90 Å². The van der Waals surface area contributed by atoms with Crippen molar-refractivity contribution in [3.8, 4) is 5.75 Å². The molecular formula is C12H16O2. The van der Waals surface area contributed by atoms with Gasteiger partial charge in [-0.25, -0.2) is 0 Å². The molecule has 0 heterocycles. The summed E-state index contributed by atoms with van der Waals surface area (Å²) in [6.07, 6.45) is 0. The minimum absolute atomic E-state index is 0.0742. The Hall–Kier alpha value is -1.31. The van der Waals surface area contributed by atoms with Gasteiger partial charge in [0.1, 0.15) is 5.75 Å². The van der Waals surface area contributed by atoms with E-state index in [-0.39, 0.29) is 17.5 Å². The highest BCUT2D eigenvalue weighted by molar-refractivity contribution is 5.98. The molecule has 0 aromatic heterocycles. The van der Waals surface area contributed by atoms with Crippen molar-refractivity contribution in [1.29, 1.82) is 0 Å². The normalized spacial score (nSPS) is 10.6. The summed E-state index contributed by atoms with van der Waals surface area (Å²) in [5.41, 5.74) is 2.14. The van der Waals surface area contributed by atoms with Crippen LogP contribution in [0.5, 0.6) is 5.75 Å². The monoisotopic (exact) mass is 192 g/mol. The Labute approximate surface area is 84.6 Å². The van der Waals surface area contributed by atoms with Gasteiger partial charge in [0.2, 0.25) is 0 Å². The second kappa shape index (κ2) is 3.82. The first kappa shape index (κ1) is 10.8. The van der Waals surface area contributed by atoms with Gasteiger partial charge in [-0.2, -0.15) is 0 Å². The molecule has 0 atom stereocenters. The molecule has 14 heavy (non-hydrogen) atoms. The van der Waals surface area contributed by atoms with Crippen LogP contribution in [0.4, 0.5) is 0 Å². The highest BCUT2D eigenvalue weighted by Gasteiger charge is 2.16. The third kappa shape index (κ3) is 1.79. The molecule has 1 N–H and O–H groups in total. The molecule has 0 bridgehead atoms. The standard InChI is InChI=1S/C12H16O2/c1-7(2)10-6-5-8(3)12(14)11(10)9(4)13/h5-7,14H,1-4H3. The van der Waals surface area contributed by atoms with Gasteiger partial charge < -0.3 is 5.11 Å². The zero-order valence-corrected chi connectivity index (χ0v) is 9.09. The first-order chi connectivity index (χ1) is 6.45. The number of phenolic OH excluding ortho intramolecular Hbond substituents is 1. The number of benzene rings is 1. The maximum Gasteiger partial charge on any atom is 0.163 e. The van der Waals surface area contributed by atoms with Gasteiger partial charge in [0.25, 0.3) is 0 Å². The smallest absolute Gasteiger partial charge is 0.163 e. The molecular weight excluding hydrogens is 176 g/mol. The Morgan fingerprint density at radius 2 is 1.93 bits per heavy atom. The van der Waals surface area contributed by atoms with Gasteiger partial charge in [-0.05, 0) is 30.9 Å². The lowest BCUT2D eigenvalue weighted by Crippen LogP contribution is -2.02. The van der Waals surface area contributed by atoms with Gasteiger partial charge in [-0.15, -0.1) is 0 Å². The van der Waals surface area contributed by atoms with E-state index in [2.05, 4.69) is 0 Å². The number of ketones is 1. The van der Waals surface area contributed by atoms with E-state index in [1.54, 1.807) is 6.92 Å². The Bertz CT molecular complexity index is 365. The first-order valence-corrected chi connectivity index (χ1v) is 4.78. The zero-order chi connectivity index (χ0) is 10.9. The summed E-state index contributed by atoms with van der Waals surface area (Å²) in [6, 6.07) is 3.76. The summed E-state index contributed by atoms with van der Waals surface area (Å²) < 4.78 is 0. The molecule has 2 nitrogen and oxygen atoms in total. The summed E-state index contributed by atoms with van der Waals surface area (Å²) >= 11 is 0. The van der Waals surface area contributed by atoms with Crippen LogP contribution in [-0.4, -0.2) is 10.9 Å². The Morgan fingerprint density at radius 3 is 2.36 bits per heavy atom. The first-order valence-electron chi connectivity index (χ1n) is 4.78. The summed E-state index contributed by atoms with van der Waals surface area (Å²) in [7, 11) is 0. The zero-order valence-electron chi connectivity index (χ0n) is 9.09. The molecule has 0 aliphatic carbocycles. The van der Waals surface area contributed by atoms with Crippen molar-refractivity contribution in [2.24, 2.45) is 0 Å². The highest BCUT2D eigenvalue weighted by atomic mass is 16.3. The van der Waals surface area contributed by atoms with Crippen molar-refractivity contribution in [2.45, 2.75) is 33.6 Å². The van der Waals surface area contributed by atoms with E-state index < -0.39 is 0 Å². The fourth-order valence-electron chi connectivity index (χ4n) is 1.56. The van der Waals surface area contributed by atoms with Gasteiger partial charge in [0, 0.05) is 0 Å². The molecule has 0 radical (unpaired) electrons. The number of aromatic hydroxyl groups is 1. The number of phenols is 1. The summed E-state index contributed by atoms with van der Waals surface area (Å²) in [6.45, 7) is 7.30. The van der Waals surface area contributed by atoms with Gasteiger partial charge in [0.15, 0.2) is 5.78 Å². The Kier molecular flexibility index (Phi) is 2.94. The lowest BCUT2D eigenvalue weighted by atomic mass is 9.92. The quantitative estimate of drug-likeness (QED) is 0.731. The molecule has 0 saturated carbocycles. The molecule has 1 aromatic carbocycles. The predicted molar refractivity (Wildman–Crippen MR) is 56.9 cm³/mol. The van der Waals surface area contributed by atoms with E-state index in [0.717, 1.165) is 11.1 Å². The molecule has 1 rings (SSSR count). The number of aryl methyl sites for hydroxylation is 1. The number of hydrogen-bond acceptors (Lipinski definition) is 2. The molecule has 0 fully saturated rings. The van der Waals surface area contributed by atoms with Gasteiger partial charge in [0.05, 0.1) is 5.56 Å². The minimum Gasteiger partial charge on any atom is -0.507 e. The second-order valence-electron chi connectivity index (χ2n) is 3.91. The molecule has 0 aliphatic heterocycles. The van der Waals surface area contributed by atoms with Crippen LogP contribution in [-0.2, 0) is 0 Å². The largest absolute Gasteiger partial charge is 0.507 e. The SMILES string of the molecule is CC(=O)c1c(C(C)C)ccc(C)c1O. The van der Waals surface area contributed by atoms with Crippen molar-refractivity contribution >= 4 is 5.78 Å². The molecule has 1 aromatic rings. The number of hydrogen-bond donors (Lipinski definition) is 1. The number of carbonyl (C=O) groups is 1. The molecule has 2 heteroatoms. The van der Waals surface area contributed by atoms with Crippen molar-refractivity contribution in [2.75, 3.05) is 0 Å². The van der Waals surface area contributed by atoms with E-state index in [0.29, 0.717) is 5.56 Å². The summed E-state index contributed by atoms with van der Waals surface area (Å²) in [4.78, 5) is 11.4. The average Bonchev–Trinajstić information content (AvgIpc) is 2.08. The molecule has 0 saturated heterocycles. The summed E-state index contributed by atoms with van der Waals surface area (Å²) in [5, 5.41) is 9.78. The van der Waals surface area contributed by atoms with Crippen LogP contribution >= 0.6 is 0 Å². The predicted octanol–water partition coefficient (Wildman–Crippen LogP) is 3.03. The van der Waals surface area contributed by atoms with E-state index >= 15 is 0 Å². The van der Waals surface area contributed by atoms with Crippen LogP contribution in [0, 0.1) is 6.92 Å². The minimum atomic E-state index is -0.0742. The maximum atomic E-state index is 11.4. The molecule has 0 spiro atoms. The molecule has 76 valence electrons. The van der Waals surface area contributed by atoms with Gasteiger partial charge in [-0.1, -0.05) is 26.0 Å². The fraction of sp³-hybridized carbons (Fsp3) is 0.417. The third-order valence-electron chi connectivity index (χ3n) is 2.39. The van der Waals surface area contributed by atoms with Gasteiger partial charge >= 0.3 is 0 Å². The van der Waals surface area contributed by atoms with Crippen molar-refractivity contribution < 1.29 is 9.90 Å². The lowest BCUT2D eigenvalue weighted by Gasteiger charge is -2.13. The average molecular weight is 192 g/mol. The Balaban J connectivity index is 3.45. The topological polar surface area (TPSA) is 37.3 Å². The number of carbonyl (C=O) groups excluding carboxylic acids is 1. The second-order valence-corrected chi connectivity index (χ2v) is 3.91. The number of Topliss-reactive ketones (excluding diaryl/α,β-unsaturated/α-hetero) is 1. The molecule has 0 amide bonds. The highest BCUT2D eigenvalue weighted by Crippen LogP contribution is 2.30. The van der Waals surface area contributed by atoms with Crippen molar-refractivity contribution in [1.82, 2.24) is 0 Å². The van der Waals surface area contributed by atoms with Crippen LogP contribution in [0.25, 0.3) is 0 Å². The van der Waals surface area contributed by atoms with Crippen LogP contribution in [0.15, 0.2) is 12.1 Å². The van der Waals surface area contributed by atoms with Crippen molar-refractivity contribution in [3.63, 3.8) is 0 Å². The molecule has 0 aliphatic rings.